The molecule has 0 spiro atoms. The van der Waals surface area contributed by atoms with E-state index in [2.05, 4.69) is 21.2 Å². The molecule has 0 aliphatic rings. The molecule has 0 aliphatic heterocycles. The van der Waals surface area contributed by atoms with Gasteiger partial charge in [-0.2, -0.15) is 0 Å². The van der Waals surface area contributed by atoms with E-state index in [4.69, 9.17) is 9.15 Å². The first-order chi connectivity index (χ1) is 12.5. The number of carbonyl (C=O) groups is 3. The molecule has 0 bridgehead atoms. The minimum atomic E-state index is -0.626. The number of ether oxygens (including phenoxy) is 1. The molecule has 1 amide bonds. The summed E-state index contributed by atoms with van der Waals surface area (Å²) in [6.07, 6.45) is 1.40. The number of carbonyl (C=O) groups excluding carboxylic acids is 3. The van der Waals surface area contributed by atoms with Crippen LogP contribution in [0.2, 0.25) is 0 Å². The lowest BCUT2D eigenvalue weighted by Crippen LogP contribution is -2.13. The smallest absolute Gasteiger partial charge is 0.348 e. The molecular weight excluding hydrogens is 422 g/mol. The van der Waals surface area contributed by atoms with Gasteiger partial charge < -0.3 is 14.5 Å². The third-order valence-electron chi connectivity index (χ3n) is 3.29. The summed E-state index contributed by atoms with van der Waals surface area (Å²) in [7, 11) is 0. The van der Waals surface area contributed by atoms with Crippen molar-refractivity contribution in [1.29, 1.82) is 0 Å². The van der Waals surface area contributed by atoms with Crippen molar-refractivity contribution in [3.8, 4) is 0 Å². The van der Waals surface area contributed by atoms with E-state index in [1.807, 2.05) is 0 Å². The largest absolute Gasteiger partial charge is 0.459 e. The third-order valence-corrected chi connectivity index (χ3v) is 4.80. The van der Waals surface area contributed by atoms with E-state index in [-0.39, 0.29) is 23.0 Å². The van der Waals surface area contributed by atoms with Crippen molar-refractivity contribution in [2.24, 2.45) is 0 Å². The molecule has 8 heteroatoms. The van der Waals surface area contributed by atoms with Crippen LogP contribution in [0.1, 0.15) is 30.6 Å². The summed E-state index contributed by atoms with van der Waals surface area (Å²) >= 11 is 4.34. The summed E-state index contributed by atoms with van der Waals surface area (Å²) in [5.41, 5.74) is 0.457. The second-order valence-electron chi connectivity index (χ2n) is 5.10. The molecule has 132 valence electrons. The number of halogens is 1. The fourth-order valence-corrected chi connectivity index (χ4v) is 3.08. The summed E-state index contributed by atoms with van der Waals surface area (Å²) in [4.78, 5) is 36.2. The number of benzene rings is 1. The van der Waals surface area contributed by atoms with Crippen molar-refractivity contribution in [2.75, 3.05) is 11.9 Å². The van der Waals surface area contributed by atoms with E-state index < -0.39 is 11.9 Å². The third kappa shape index (κ3) is 4.47. The van der Waals surface area contributed by atoms with E-state index in [9.17, 15) is 14.4 Å². The Morgan fingerprint density at radius 1 is 1.08 bits per heavy atom. The van der Waals surface area contributed by atoms with Crippen molar-refractivity contribution in [1.82, 2.24) is 0 Å². The molecule has 3 rings (SSSR count). The number of Topliss-reactive ketones (excluding diaryl/α,β-unsaturated/α-hetero) is 1. The van der Waals surface area contributed by atoms with Gasteiger partial charge in [-0.25, -0.2) is 4.79 Å². The molecular formula is C18H12BrNO5S. The zero-order chi connectivity index (χ0) is 18.5. The summed E-state index contributed by atoms with van der Waals surface area (Å²) in [5.74, 6) is -1.17. The van der Waals surface area contributed by atoms with Crippen molar-refractivity contribution >= 4 is 49.9 Å². The zero-order valence-electron chi connectivity index (χ0n) is 13.2. The van der Waals surface area contributed by atoms with Gasteiger partial charge in [-0.05, 0) is 36.4 Å². The molecule has 26 heavy (non-hydrogen) atoms. The highest BCUT2D eigenvalue weighted by molar-refractivity contribution is 9.10. The van der Waals surface area contributed by atoms with Crippen LogP contribution in [-0.2, 0) is 4.74 Å². The molecule has 0 saturated heterocycles. The lowest BCUT2D eigenvalue weighted by Gasteiger charge is -2.03. The van der Waals surface area contributed by atoms with Gasteiger partial charge in [0.2, 0.25) is 0 Å². The van der Waals surface area contributed by atoms with Crippen molar-refractivity contribution in [3.63, 3.8) is 0 Å². The molecule has 6 nitrogen and oxygen atoms in total. The summed E-state index contributed by atoms with van der Waals surface area (Å²) in [5, 5.41) is 3.09. The molecule has 2 heterocycles. The van der Waals surface area contributed by atoms with Gasteiger partial charge in [0.05, 0.1) is 11.3 Å². The Labute approximate surface area is 160 Å². The monoisotopic (exact) mass is 433 g/mol. The second kappa shape index (κ2) is 8.11. The summed E-state index contributed by atoms with van der Waals surface area (Å²) in [6, 6.07) is 13.0. The number of thiophene rings is 1. The average molecular weight is 434 g/mol. The van der Waals surface area contributed by atoms with Crippen LogP contribution in [0.5, 0.6) is 0 Å². The van der Waals surface area contributed by atoms with Crippen LogP contribution < -0.4 is 5.32 Å². The Balaban J connectivity index is 1.55. The first-order valence-corrected chi connectivity index (χ1v) is 9.04. The molecule has 1 aromatic carbocycles. The lowest BCUT2D eigenvalue weighted by molar-refractivity contribution is 0.0479. The van der Waals surface area contributed by atoms with Gasteiger partial charge in [-0.15, -0.1) is 11.3 Å². The van der Waals surface area contributed by atoms with Crippen molar-refractivity contribution in [2.45, 2.75) is 0 Å². The van der Waals surface area contributed by atoms with Crippen LogP contribution in [0.3, 0.4) is 0 Å². The maximum atomic E-state index is 12.1. The molecule has 0 aliphatic carbocycles. The normalized spacial score (nSPS) is 10.3. The molecule has 0 saturated carbocycles. The summed E-state index contributed by atoms with van der Waals surface area (Å²) in [6.45, 7) is -0.355. The maximum Gasteiger partial charge on any atom is 0.348 e. The van der Waals surface area contributed by atoms with E-state index in [1.165, 1.54) is 18.4 Å². The lowest BCUT2D eigenvalue weighted by atomic mass is 10.1. The first-order valence-electron chi connectivity index (χ1n) is 7.43. The molecule has 2 aromatic heterocycles. The van der Waals surface area contributed by atoms with Gasteiger partial charge in [0, 0.05) is 10.0 Å². The van der Waals surface area contributed by atoms with Gasteiger partial charge >= 0.3 is 5.97 Å². The Bertz CT molecular complexity index is 931. The number of furan rings is 1. The second-order valence-corrected chi connectivity index (χ2v) is 7.10. The highest BCUT2D eigenvalue weighted by Crippen LogP contribution is 2.23. The quantitative estimate of drug-likeness (QED) is 0.459. The Kier molecular flexibility index (Phi) is 5.65. The number of hydrogen-bond donors (Lipinski definition) is 1. The topological polar surface area (TPSA) is 85.6 Å². The van der Waals surface area contributed by atoms with Gasteiger partial charge in [-0.3, -0.25) is 9.59 Å². The minimum Gasteiger partial charge on any atom is -0.459 e. The number of anilines is 1. The maximum absolute atomic E-state index is 12.1. The molecule has 3 aromatic rings. The van der Waals surface area contributed by atoms with Gasteiger partial charge in [0.15, 0.2) is 18.2 Å². The average Bonchev–Trinajstić information content (AvgIpc) is 3.32. The van der Waals surface area contributed by atoms with E-state index in [0.29, 0.717) is 10.6 Å². The number of rotatable bonds is 6. The van der Waals surface area contributed by atoms with Crippen LogP contribution in [0.4, 0.5) is 5.00 Å². The molecule has 0 atom stereocenters. The van der Waals surface area contributed by atoms with E-state index in [0.717, 1.165) is 15.8 Å². The van der Waals surface area contributed by atoms with Gasteiger partial charge in [0.1, 0.15) is 4.88 Å². The number of nitrogens with one attached hydrogen (secondary N) is 1. The van der Waals surface area contributed by atoms with Crippen LogP contribution in [0.25, 0.3) is 0 Å². The fraction of sp³-hybridized carbons (Fsp3) is 0.0556. The minimum absolute atomic E-state index is 0.169. The van der Waals surface area contributed by atoms with Crippen LogP contribution in [0, 0.1) is 0 Å². The first kappa shape index (κ1) is 18.1. The van der Waals surface area contributed by atoms with Crippen molar-refractivity contribution < 1.29 is 23.5 Å². The molecule has 0 fully saturated rings. The summed E-state index contributed by atoms with van der Waals surface area (Å²) < 4.78 is 10.9. The zero-order valence-corrected chi connectivity index (χ0v) is 15.6. The standard InChI is InChI=1S/C18H12BrNO5S/c19-12-5-3-11(4-6-12)13(21)10-25-18(23)15-7-8-16(26-15)20-17(22)14-2-1-9-24-14/h1-9H,10H2,(H,20,22). The Morgan fingerprint density at radius 3 is 2.54 bits per heavy atom. The van der Waals surface area contributed by atoms with Crippen molar-refractivity contribution in [3.05, 3.63) is 75.5 Å². The Hall–Kier alpha value is -2.71. The molecule has 0 unspecified atom stereocenters. The Morgan fingerprint density at radius 2 is 1.85 bits per heavy atom. The predicted molar refractivity (Wildman–Crippen MR) is 99.7 cm³/mol. The van der Waals surface area contributed by atoms with E-state index >= 15 is 0 Å². The van der Waals surface area contributed by atoms with Crippen LogP contribution >= 0.6 is 27.3 Å². The van der Waals surface area contributed by atoms with Gasteiger partial charge in [0.25, 0.3) is 5.91 Å². The predicted octanol–water partition coefficient (Wildman–Crippen LogP) is 4.40. The number of hydrogen-bond acceptors (Lipinski definition) is 6. The number of esters is 1. The highest BCUT2D eigenvalue weighted by Gasteiger charge is 2.16. The number of amides is 1. The molecule has 0 radical (unpaired) electrons. The fourth-order valence-electron chi connectivity index (χ4n) is 2.02. The molecule has 1 N–H and O–H groups in total. The SMILES string of the molecule is O=C(COC(=O)c1ccc(NC(=O)c2ccco2)s1)c1ccc(Br)cc1. The van der Waals surface area contributed by atoms with Crippen LogP contribution in [0.15, 0.2) is 63.7 Å². The number of ketones is 1. The van der Waals surface area contributed by atoms with E-state index in [1.54, 1.807) is 36.4 Å². The highest BCUT2D eigenvalue weighted by atomic mass is 79.9. The van der Waals surface area contributed by atoms with Crippen LogP contribution in [-0.4, -0.2) is 24.3 Å². The van der Waals surface area contributed by atoms with Gasteiger partial charge in [-0.1, -0.05) is 28.1 Å².